The summed E-state index contributed by atoms with van der Waals surface area (Å²) in [5, 5.41) is 5.84. The molecule has 30 heavy (non-hydrogen) atoms. The second kappa shape index (κ2) is 10.0. The molecule has 0 bridgehead atoms. The molecule has 3 aromatic rings. The van der Waals surface area contributed by atoms with Gasteiger partial charge >= 0.3 is 0 Å². The highest BCUT2D eigenvalue weighted by molar-refractivity contribution is 7.80. The van der Waals surface area contributed by atoms with Crippen LogP contribution < -0.4 is 20.1 Å². The van der Waals surface area contributed by atoms with Gasteiger partial charge in [-0.25, -0.2) is 9.37 Å². The van der Waals surface area contributed by atoms with Crippen LogP contribution in [0.1, 0.15) is 36.7 Å². The molecule has 1 aromatic carbocycles. The highest BCUT2D eigenvalue weighted by Gasteiger charge is 2.16. The number of furan rings is 1. The predicted molar refractivity (Wildman–Crippen MR) is 116 cm³/mol. The van der Waals surface area contributed by atoms with Crippen LogP contribution in [0.15, 0.2) is 40.9 Å². The van der Waals surface area contributed by atoms with E-state index in [0.29, 0.717) is 29.1 Å². The molecule has 2 heterocycles. The average Bonchev–Trinajstić information content (AvgIpc) is 3.17. The number of ether oxygens (including phenoxy) is 2. The van der Waals surface area contributed by atoms with Crippen LogP contribution in [0.2, 0.25) is 0 Å². The van der Waals surface area contributed by atoms with E-state index in [0.717, 1.165) is 19.3 Å². The lowest BCUT2D eigenvalue weighted by Gasteiger charge is -2.11. The molecule has 2 N–H and O–H groups in total. The van der Waals surface area contributed by atoms with Gasteiger partial charge in [0.05, 0.1) is 19.1 Å². The third kappa shape index (κ3) is 5.24. The number of nitrogens with zero attached hydrogens (tertiary/aromatic N) is 1. The van der Waals surface area contributed by atoms with Crippen molar-refractivity contribution in [3.63, 3.8) is 0 Å². The van der Waals surface area contributed by atoms with E-state index in [1.807, 2.05) is 0 Å². The SMILES string of the molecule is CCCCCOc1ccc(NC(=S)NC(=O)c2cc3c(OC)nccc3o2)cc1F. The molecule has 0 atom stereocenters. The van der Waals surface area contributed by atoms with Crippen LogP contribution in [0, 0.1) is 5.82 Å². The first-order valence-corrected chi connectivity index (χ1v) is 9.90. The van der Waals surface area contributed by atoms with Crippen LogP contribution in [0.5, 0.6) is 11.6 Å². The maximum Gasteiger partial charge on any atom is 0.293 e. The van der Waals surface area contributed by atoms with Gasteiger partial charge in [-0.15, -0.1) is 0 Å². The van der Waals surface area contributed by atoms with Crippen LogP contribution in [-0.2, 0) is 0 Å². The Kier molecular flexibility index (Phi) is 7.18. The van der Waals surface area contributed by atoms with Gasteiger partial charge in [0.15, 0.2) is 22.4 Å². The molecule has 2 aromatic heterocycles. The molecule has 0 saturated heterocycles. The van der Waals surface area contributed by atoms with Crippen molar-refractivity contribution in [3.8, 4) is 11.6 Å². The monoisotopic (exact) mass is 431 g/mol. The van der Waals surface area contributed by atoms with E-state index in [2.05, 4.69) is 22.5 Å². The van der Waals surface area contributed by atoms with Crippen molar-refractivity contribution in [2.75, 3.05) is 19.0 Å². The normalized spacial score (nSPS) is 10.6. The number of anilines is 1. The highest BCUT2D eigenvalue weighted by Crippen LogP contribution is 2.26. The largest absolute Gasteiger partial charge is 0.491 e. The number of pyridine rings is 1. The number of unbranched alkanes of at least 4 members (excludes halogenated alkanes) is 2. The van der Waals surface area contributed by atoms with Crippen molar-refractivity contribution < 1.29 is 23.1 Å². The molecule has 0 radical (unpaired) electrons. The standard InChI is InChI=1S/C21H22FN3O4S/c1-3-4-5-10-28-17-7-6-13(11-15(17)22)24-21(30)25-19(26)18-12-14-16(29-18)8-9-23-20(14)27-2/h6-9,11-12H,3-5,10H2,1-2H3,(H2,24,25,26,30). The van der Waals surface area contributed by atoms with E-state index in [4.69, 9.17) is 26.1 Å². The highest BCUT2D eigenvalue weighted by atomic mass is 32.1. The van der Waals surface area contributed by atoms with Gasteiger partial charge in [-0.3, -0.25) is 10.1 Å². The predicted octanol–water partition coefficient (Wildman–Crippen LogP) is 4.67. The van der Waals surface area contributed by atoms with Crippen molar-refractivity contribution in [1.29, 1.82) is 0 Å². The number of halogens is 1. The summed E-state index contributed by atoms with van der Waals surface area (Å²) in [6.45, 7) is 2.55. The summed E-state index contributed by atoms with van der Waals surface area (Å²) >= 11 is 5.14. The van der Waals surface area contributed by atoms with Gasteiger partial charge in [0.1, 0.15) is 5.58 Å². The zero-order valence-electron chi connectivity index (χ0n) is 16.7. The molecular formula is C21H22FN3O4S. The number of fused-ring (bicyclic) bond motifs is 1. The first-order chi connectivity index (χ1) is 14.5. The Morgan fingerprint density at radius 1 is 1.27 bits per heavy atom. The number of benzene rings is 1. The Labute approximate surface area is 178 Å². The molecule has 3 rings (SSSR count). The van der Waals surface area contributed by atoms with Gasteiger partial charge < -0.3 is 19.2 Å². The van der Waals surface area contributed by atoms with Gasteiger partial charge in [0, 0.05) is 30.1 Å². The van der Waals surface area contributed by atoms with E-state index >= 15 is 0 Å². The van der Waals surface area contributed by atoms with Crippen LogP contribution in [0.4, 0.5) is 10.1 Å². The van der Waals surface area contributed by atoms with E-state index in [1.54, 1.807) is 12.1 Å². The molecule has 0 spiro atoms. The maximum absolute atomic E-state index is 14.2. The lowest BCUT2D eigenvalue weighted by Crippen LogP contribution is -2.33. The number of rotatable bonds is 8. The number of carbonyl (C=O) groups excluding carboxylic acids is 1. The fourth-order valence-electron chi connectivity index (χ4n) is 2.77. The summed E-state index contributed by atoms with van der Waals surface area (Å²) < 4.78 is 30.3. The van der Waals surface area contributed by atoms with Crippen LogP contribution in [0.25, 0.3) is 11.0 Å². The molecule has 7 nitrogen and oxygen atoms in total. The summed E-state index contributed by atoms with van der Waals surface area (Å²) in [6, 6.07) is 7.54. The van der Waals surface area contributed by atoms with Crippen molar-refractivity contribution in [2.45, 2.75) is 26.2 Å². The first kappa shape index (κ1) is 21.5. The number of nitrogens with one attached hydrogen (secondary N) is 2. The van der Waals surface area contributed by atoms with Crippen molar-refractivity contribution in [1.82, 2.24) is 10.3 Å². The van der Waals surface area contributed by atoms with Gasteiger partial charge in [-0.1, -0.05) is 19.8 Å². The number of hydrogen-bond acceptors (Lipinski definition) is 6. The third-order valence-corrected chi connectivity index (χ3v) is 4.45. The summed E-state index contributed by atoms with van der Waals surface area (Å²) in [7, 11) is 1.48. The second-order valence-corrected chi connectivity index (χ2v) is 6.86. The lowest BCUT2D eigenvalue weighted by molar-refractivity contribution is 0.0953. The maximum atomic E-state index is 14.2. The topological polar surface area (TPSA) is 85.6 Å². The number of thiocarbonyl (C=S) groups is 1. The van der Waals surface area contributed by atoms with Gasteiger partial charge in [-0.2, -0.15) is 0 Å². The molecule has 0 aliphatic carbocycles. The Morgan fingerprint density at radius 2 is 2.10 bits per heavy atom. The minimum absolute atomic E-state index is 0.00144. The zero-order chi connectivity index (χ0) is 21.5. The van der Waals surface area contributed by atoms with Crippen LogP contribution in [0.3, 0.4) is 0 Å². The number of hydrogen-bond donors (Lipinski definition) is 2. The molecule has 9 heteroatoms. The molecule has 158 valence electrons. The van der Waals surface area contributed by atoms with E-state index in [-0.39, 0.29) is 16.6 Å². The summed E-state index contributed by atoms with van der Waals surface area (Å²) in [6.07, 6.45) is 4.49. The summed E-state index contributed by atoms with van der Waals surface area (Å²) in [5.41, 5.74) is 0.844. The van der Waals surface area contributed by atoms with Crippen molar-refractivity contribution in [3.05, 3.63) is 48.1 Å². The number of aromatic nitrogens is 1. The lowest BCUT2D eigenvalue weighted by atomic mass is 10.2. The second-order valence-electron chi connectivity index (χ2n) is 6.45. The molecule has 0 aliphatic rings. The summed E-state index contributed by atoms with van der Waals surface area (Å²) in [4.78, 5) is 16.5. The van der Waals surface area contributed by atoms with Gasteiger partial charge in [0.25, 0.3) is 5.91 Å². The fraction of sp³-hybridized carbons (Fsp3) is 0.286. The third-order valence-electron chi connectivity index (χ3n) is 4.25. The van der Waals surface area contributed by atoms with Gasteiger partial charge in [0.2, 0.25) is 5.88 Å². The zero-order valence-corrected chi connectivity index (χ0v) is 17.5. The number of methoxy groups -OCH3 is 1. The fourth-order valence-corrected chi connectivity index (χ4v) is 2.98. The van der Waals surface area contributed by atoms with E-state index < -0.39 is 11.7 Å². The molecule has 0 unspecified atom stereocenters. The summed E-state index contributed by atoms with van der Waals surface area (Å²) in [5.74, 6) is -0.494. The molecule has 0 saturated carbocycles. The Hall–Kier alpha value is -3.20. The Morgan fingerprint density at radius 3 is 2.83 bits per heavy atom. The minimum atomic E-state index is -0.554. The quantitative estimate of drug-likeness (QED) is 0.396. The Bertz CT molecular complexity index is 1050. The molecule has 1 amide bonds. The van der Waals surface area contributed by atoms with E-state index in [9.17, 15) is 9.18 Å². The molecule has 0 fully saturated rings. The average molecular weight is 431 g/mol. The molecule has 0 aliphatic heterocycles. The number of carbonyl (C=O) groups is 1. The van der Waals surface area contributed by atoms with Crippen molar-refractivity contribution >= 4 is 39.9 Å². The van der Waals surface area contributed by atoms with Crippen molar-refractivity contribution in [2.24, 2.45) is 0 Å². The molecular weight excluding hydrogens is 409 g/mol. The first-order valence-electron chi connectivity index (χ1n) is 9.49. The smallest absolute Gasteiger partial charge is 0.293 e. The number of amides is 1. The van der Waals surface area contributed by atoms with Gasteiger partial charge in [-0.05, 0) is 30.8 Å². The van der Waals surface area contributed by atoms with E-state index in [1.165, 1.54) is 31.5 Å². The minimum Gasteiger partial charge on any atom is -0.491 e. The van der Waals surface area contributed by atoms with Crippen LogP contribution in [-0.4, -0.2) is 29.7 Å². The Balaban J connectivity index is 1.60. The van der Waals surface area contributed by atoms with Crippen LogP contribution >= 0.6 is 12.2 Å².